The molecule has 0 aliphatic carbocycles. The molecule has 3 aromatic rings. The Bertz CT molecular complexity index is 1040. The summed E-state index contributed by atoms with van der Waals surface area (Å²) in [5.41, 5.74) is 2.18. The number of aromatic amines is 1. The standard InChI is InChI=1S/C21H22FN5O3/c1-30-10-9-27-16(13-26-8-2-3-19(26)21(27)29)12-23-20(28)18-11-17(24-25-18)14-4-6-15(22)7-5-14/h2-8,11,16H,9-10,12-13H2,1H3,(H,23,28)(H,24,25). The zero-order valence-electron chi connectivity index (χ0n) is 16.5. The Hall–Kier alpha value is -3.46. The number of carbonyl (C=O) groups is 2. The molecule has 2 N–H and O–H groups in total. The fraction of sp³-hybridized carbons (Fsp3) is 0.286. The molecule has 9 heteroatoms. The molecular weight excluding hydrogens is 389 g/mol. The first kappa shape index (κ1) is 19.8. The van der Waals surface area contributed by atoms with E-state index in [2.05, 4.69) is 15.5 Å². The van der Waals surface area contributed by atoms with Crippen molar-refractivity contribution in [3.63, 3.8) is 0 Å². The van der Waals surface area contributed by atoms with Crippen LogP contribution in [0, 0.1) is 5.82 Å². The number of benzene rings is 1. The van der Waals surface area contributed by atoms with Crippen LogP contribution in [0.5, 0.6) is 0 Å². The third-order valence-electron chi connectivity index (χ3n) is 5.15. The van der Waals surface area contributed by atoms with Crippen LogP contribution in [0.4, 0.5) is 4.39 Å². The number of nitrogens with one attached hydrogen (secondary N) is 2. The Morgan fingerprint density at radius 3 is 2.90 bits per heavy atom. The van der Waals surface area contributed by atoms with Crippen molar-refractivity contribution in [3.8, 4) is 11.3 Å². The lowest BCUT2D eigenvalue weighted by Crippen LogP contribution is -2.53. The van der Waals surface area contributed by atoms with E-state index in [-0.39, 0.29) is 30.2 Å². The van der Waals surface area contributed by atoms with E-state index in [0.29, 0.717) is 42.3 Å². The Kier molecular flexibility index (Phi) is 5.62. The predicted octanol–water partition coefficient (Wildman–Crippen LogP) is 1.92. The van der Waals surface area contributed by atoms with Gasteiger partial charge in [-0.3, -0.25) is 14.7 Å². The van der Waals surface area contributed by atoms with E-state index in [1.807, 2.05) is 16.8 Å². The topological polar surface area (TPSA) is 92.2 Å². The van der Waals surface area contributed by atoms with Crippen LogP contribution in [0.1, 0.15) is 21.0 Å². The van der Waals surface area contributed by atoms with E-state index >= 15 is 0 Å². The highest BCUT2D eigenvalue weighted by atomic mass is 19.1. The van der Waals surface area contributed by atoms with Crippen molar-refractivity contribution in [1.29, 1.82) is 0 Å². The summed E-state index contributed by atoms with van der Waals surface area (Å²) >= 11 is 0. The second-order valence-electron chi connectivity index (χ2n) is 7.07. The molecule has 0 saturated heterocycles. The van der Waals surface area contributed by atoms with Gasteiger partial charge >= 0.3 is 0 Å². The van der Waals surface area contributed by atoms with Gasteiger partial charge in [0.1, 0.15) is 17.2 Å². The third-order valence-corrected chi connectivity index (χ3v) is 5.15. The summed E-state index contributed by atoms with van der Waals surface area (Å²) in [6, 6.07) is 10.9. The van der Waals surface area contributed by atoms with Gasteiger partial charge in [-0.15, -0.1) is 0 Å². The summed E-state index contributed by atoms with van der Waals surface area (Å²) in [6.07, 6.45) is 1.86. The van der Waals surface area contributed by atoms with E-state index in [0.717, 1.165) is 0 Å². The number of rotatable bonds is 7. The van der Waals surface area contributed by atoms with Gasteiger partial charge in [0, 0.05) is 38.5 Å². The minimum Gasteiger partial charge on any atom is -0.383 e. The van der Waals surface area contributed by atoms with Gasteiger partial charge < -0.3 is 19.5 Å². The van der Waals surface area contributed by atoms with E-state index in [4.69, 9.17) is 4.74 Å². The van der Waals surface area contributed by atoms with Gasteiger partial charge in [0.25, 0.3) is 11.8 Å². The van der Waals surface area contributed by atoms with E-state index in [9.17, 15) is 14.0 Å². The van der Waals surface area contributed by atoms with Gasteiger partial charge in [0.2, 0.25) is 0 Å². The molecule has 4 rings (SSSR count). The van der Waals surface area contributed by atoms with Crippen LogP contribution in [0.25, 0.3) is 11.3 Å². The van der Waals surface area contributed by atoms with Crippen LogP contribution in [-0.4, -0.2) is 64.3 Å². The molecule has 1 aliphatic rings. The molecule has 8 nitrogen and oxygen atoms in total. The number of aromatic nitrogens is 3. The normalized spacial score (nSPS) is 15.9. The summed E-state index contributed by atoms with van der Waals surface area (Å²) in [5.74, 6) is -0.742. The molecule has 2 aromatic heterocycles. The Labute approximate surface area is 172 Å². The second kappa shape index (κ2) is 8.50. The molecule has 0 radical (unpaired) electrons. The summed E-state index contributed by atoms with van der Waals surface area (Å²) < 4.78 is 20.1. The average molecular weight is 411 g/mol. The Morgan fingerprint density at radius 2 is 2.13 bits per heavy atom. The van der Waals surface area contributed by atoms with E-state index < -0.39 is 0 Å². The van der Waals surface area contributed by atoms with Gasteiger partial charge in [-0.1, -0.05) is 0 Å². The molecule has 1 aliphatic heterocycles. The second-order valence-corrected chi connectivity index (χ2v) is 7.07. The van der Waals surface area contributed by atoms with Crippen molar-refractivity contribution < 1.29 is 18.7 Å². The number of methoxy groups -OCH3 is 1. The molecule has 1 atom stereocenters. The molecule has 30 heavy (non-hydrogen) atoms. The Balaban J connectivity index is 1.43. The quantitative estimate of drug-likeness (QED) is 0.621. The van der Waals surface area contributed by atoms with Crippen LogP contribution in [0.2, 0.25) is 0 Å². The van der Waals surface area contributed by atoms with Crippen molar-refractivity contribution in [3.05, 3.63) is 65.9 Å². The predicted molar refractivity (Wildman–Crippen MR) is 107 cm³/mol. The van der Waals surface area contributed by atoms with Crippen molar-refractivity contribution in [2.75, 3.05) is 26.8 Å². The molecule has 0 bridgehead atoms. The molecule has 0 spiro atoms. The van der Waals surface area contributed by atoms with Gasteiger partial charge in [0.05, 0.1) is 18.3 Å². The maximum absolute atomic E-state index is 13.1. The molecule has 3 heterocycles. The molecule has 156 valence electrons. The Morgan fingerprint density at radius 1 is 1.33 bits per heavy atom. The van der Waals surface area contributed by atoms with Crippen LogP contribution >= 0.6 is 0 Å². The maximum atomic E-state index is 13.1. The number of hydrogen-bond acceptors (Lipinski definition) is 4. The van der Waals surface area contributed by atoms with Crippen LogP contribution < -0.4 is 5.32 Å². The minimum atomic E-state index is -0.335. The number of ether oxygens (including phenoxy) is 1. The molecule has 2 amide bonds. The SMILES string of the molecule is COCCN1C(=O)c2cccn2CC1CNC(=O)c1cc(-c2ccc(F)cc2)n[nH]1. The van der Waals surface area contributed by atoms with Crippen molar-refractivity contribution in [2.24, 2.45) is 0 Å². The lowest BCUT2D eigenvalue weighted by molar-refractivity contribution is 0.0504. The molecule has 0 saturated carbocycles. The number of carbonyl (C=O) groups excluding carboxylic acids is 2. The molecule has 1 unspecified atom stereocenters. The van der Waals surface area contributed by atoms with Crippen LogP contribution in [0.3, 0.4) is 0 Å². The average Bonchev–Trinajstić information content (AvgIpc) is 3.42. The van der Waals surface area contributed by atoms with Crippen molar-refractivity contribution in [2.45, 2.75) is 12.6 Å². The first-order chi connectivity index (χ1) is 14.6. The van der Waals surface area contributed by atoms with Gasteiger partial charge in [-0.2, -0.15) is 5.10 Å². The van der Waals surface area contributed by atoms with E-state index in [1.165, 1.54) is 12.1 Å². The zero-order valence-corrected chi connectivity index (χ0v) is 16.5. The highest BCUT2D eigenvalue weighted by molar-refractivity contribution is 5.94. The zero-order chi connectivity index (χ0) is 21.1. The van der Waals surface area contributed by atoms with Crippen LogP contribution in [0.15, 0.2) is 48.7 Å². The highest BCUT2D eigenvalue weighted by Gasteiger charge is 2.32. The van der Waals surface area contributed by atoms with Crippen molar-refractivity contribution >= 4 is 11.8 Å². The largest absolute Gasteiger partial charge is 0.383 e. The number of H-pyrrole nitrogens is 1. The number of hydrogen-bond donors (Lipinski definition) is 2. The summed E-state index contributed by atoms with van der Waals surface area (Å²) in [5, 5.41) is 9.71. The fourth-order valence-corrected chi connectivity index (χ4v) is 3.57. The first-order valence-electron chi connectivity index (χ1n) is 9.61. The molecule has 0 fully saturated rings. The monoisotopic (exact) mass is 411 g/mol. The summed E-state index contributed by atoms with van der Waals surface area (Å²) in [6.45, 7) is 1.73. The number of amides is 2. The smallest absolute Gasteiger partial charge is 0.270 e. The van der Waals surface area contributed by atoms with Gasteiger partial charge in [0.15, 0.2) is 0 Å². The van der Waals surface area contributed by atoms with Crippen LogP contribution in [-0.2, 0) is 11.3 Å². The lowest BCUT2D eigenvalue weighted by Gasteiger charge is -2.36. The highest BCUT2D eigenvalue weighted by Crippen LogP contribution is 2.19. The molecular formula is C21H22FN5O3. The number of halogens is 1. The van der Waals surface area contributed by atoms with Gasteiger partial charge in [-0.05, 0) is 42.5 Å². The van der Waals surface area contributed by atoms with Crippen molar-refractivity contribution in [1.82, 2.24) is 25.0 Å². The summed E-state index contributed by atoms with van der Waals surface area (Å²) in [4.78, 5) is 27.1. The fourth-order valence-electron chi connectivity index (χ4n) is 3.57. The lowest BCUT2D eigenvalue weighted by atomic mass is 10.1. The third kappa shape index (κ3) is 3.97. The summed E-state index contributed by atoms with van der Waals surface area (Å²) in [7, 11) is 1.59. The van der Waals surface area contributed by atoms with Gasteiger partial charge in [-0.25, -0.2) is 4.39 Å². The minimum absolute atomic E-state index is 0.0808. The van der Waals surface area contributed by atoms with E-state index in [1.54, 1.807) is 36.3 Å². The molecule has 1 aromatic carbocycles. The first-order valence-corrected chi connectivity index (χ1v) is 9.61. The number of fused-ring (bicyclic) bond motifs is 1. The number of nitrogens with zero attached hydrogens (tertiary/aromatic N) is 3. The maximum Gasteiger partial charge on any atom is 0.270 e.